The van der Waals surface area contributed by atoms with Crippen molar-refractivity contribution in [1.29, 1.82) is 0 Å². The fourth-order valence-corrected chi connectivity index (χ4v) is 2.99. The summed E-state index contributed by atoms with van der Waals surface area (Å²) in [5.74, 6) is 0.990. The van der Waals surface area contributed by atoms with Gasteiger partial charge in [-0.1, -0.05) is 26.2 Å². The van der Waals surface area contributed by atoms with Crippen LogP contribution >= 0.6 is 0 Å². The number of hydrogen-bond acceptors (Lipinski definition) is 4. The van der Waals surface area contributed by atoms with Crippen molar-refractivity contribution in [2.75, 3.05) is 23.8 Å². The normalized spacial score (nSPS) is 20.6. The second-order valence-electron chi connectivity index (χ2n) is 5.44. The molecule has 0 radical (unpaired) electrons. The quantitative estimate of drug-likeness (QED) is 0.870. The molecule has 1 aliphatic heterocycles. The van der Waals surface area contributed by atoms with Crippen LogP contribution in [-0.2, 0) is 13.5 Å². The standard InChI is InChI=1S/C14H26N4O/c1-3-7-12-13(15)14(17(2)16-12)18-9-6-4-5-8-11(18)10-19/h11,19H,3-10,15H2,1-2H3. The van der Waals surface area contributed by atoms with Crippen LogP contribution in [0, 0.1) is 0 Å². The van der Waals surface area contributed by atoms with Gasteiger partial charge in [0.05, 0.1) is 24.0 Å². The molecule has 0 amide bonds. The van der Waals surface area contributed by atoms with Crippen molar-refractivity contribution in [2.24, 2.45) is 7.05 Å². The number of nitrogens with two attached hydrogens (primary N) is 1. The van der Waals surface area contributed by atoms with Crippen molar-refractivity contribution >= 4 is 11.5 Å². The number of aromatic nitrogens is 2. The minimum atomic E-state index is 0.176. The molecule has 1 atom stereocenters. The maximum Gasteiger partial charge on any atom is 0.150 e. The summed E-state index contributed by atoms with van der Waals surface area (Å²) in [6, 6.07) is 0.176. The molecule has 1 unspecified atom stereocenters. The highest BCUT2D eigenvalue weighted by atomic mass is 16.3. The molecule has 3 N–H and O–H groups in total. The van der Waals surface area contributed by atoms with E-state index in [1.807, 2.05) is 11.7 Å². The maximum absolute atomic E-state index is 9.63. The zero-order chi connectivity index (χ0) is 13.8. The first-order chi connectivity index (χ1) is 9.19. The minimum absolute atomic E-state index is 0.176. The van der Waals surface area contributed by atoms with Crippen LogP contribution in [0.2, 0.25) is 0 Å². The van der Waals surface area contributed by atoms with E-state index in [0.717, 1.165) is 49.4 Å². The first-order valence-electron chi connectivity index (χ1n) is 7.37. The number of nitrogens with zero attached hydrogens (tertiary/aromatic N) is 3. The van der Waals surface area contributed by atoms with Gasteiger partial charge in [-0.25, -0.2) is 0 Å². The predicted octanol–water partition coefficient (Wildman–Crippen LogP) is 1.70. The zero-order valence-electron chi connectivity index (χ0n) is 12.1. The highest BCUT2D eigenvalue weighted by molar-refractivity contribution is 5.67. The molecule has 0 bridgehead atoms. The molecule has 0 saturated carbocycles. The Morgan fingerprint density at radius 2 is 2.16 bits per heavy atom. The van der Waals surface area contributed by atoms with Crippen LogP contribution in [0.15, 0.2) is 0 Å². The number of aryl methyl sites for hydroxylation is 2. The Kier molecular flexibility index (Phi) is 4.69. The summed E-state index contributed by atoms with van der Waals surface area (Å²) in [5.41, 5.74) is 8.07. The van der Waals surface area contributed by atoms with E-state index in [2.05, 4.69) is 16.9 Å². The second-order valence-corrected chi connectivity index (χ2v) is 5.44. The van der Waals surface area contributed by atoms with E-state index >= 15 is 0 Å². The summed E-state index contributed by atoms with van der Waals surface area (Å²) < 4.78 is 1.88. The summed E-state index contributed by atoms with van der Waals surface area (Å²) in [6.45, 7) is 3.28. The van der Waals surface area contributed by atoms with Gasteiger partial charge >= 0.3 is 0 Å². The highest BCUT2D eigenvalue weighted by Gasteiger charge is 2.26. The third-order valence-electron chi connectivity index (χ3n) is 3.98. The van der Waals surface area contributed by atoms with E-state index < -0.39 is 0 Å². The monoisotopic (exact) mass is 266 g/mol. The highest BCUT2D eigenvalue weighted by Crippen LogP contribution is 2.31. The van der Waals surface area contributed by atoms with Gasteiger partial charge in [0.1, 0.15) is 0 Å². The number of aliphatic hydroxyl groups excluding tert-OH is 1. The lowest BCUT2D eigenvalue weighted by molar-refractivity contribution is 0.254. The van der Waals surface area contributed by atoms with Crippen LogP contribution < -0.4 is 10.6 Å². The third kappa shape index (κ3) is 2.86. The Morgan fingerprint density at radius 3 is 2.84 bits per heavy atom. The summed E-state index contributed by atoms with van der Waals surface area (Å²) >= 11 is 0. The summed E-state index contributed by atoms with van der Waals surface area (Å²) in [5, 5.41) is 14.2. The topological polar surface area (TPSA) is 67.3 Å². The molecule has 1 aromatic rings. The fraction of sp³-hybridized carbons (Fsp3) is 0.786. The third-order valence-corrected chi connectivity index (χ3v) is 3.98. The lowest BCUT2D eigenvalue weighted by atomic mass is 10.1. The predicted molar refractivity (Wildman–Crippen MR) is 78.3 cm³/mol. The molecule has 1 saturated heterocycles. The summed E-state index contributed by atoms with van der Waals surface area (Å²) in [7, 11) is 1.95. The van der Waals surface area contributed by atoms with Gasteiger partial charge in [-0.2, -0.15) is 5.10 Å². The Bertz CT molecular complexity index is 416. The molecule has 1 fully saturated rings. The van der Waals surface area contributed by atoms with Crippen molar-refractivity contribution in [2.45, 2.75) is 51.5 Å². The zero-order valence-corrected chi connectivity index (χ0v) is 12.1. The van der Waals surface area contributed by atoms with Gasteiger partial charge < -0.3 is 15.7 Å². The molecule has 5 nitrogen and oxygen atoms in total. The van der Waals surface area contributed by atoms with Crippen molar-refractivity contribution in [3.05, 3.63) is 5.69 Å². The second kappa shape index (κ2) is 6.28. The summed E-state index contributed by atoms with van der Waals surface area (Å²) in [6.07, 6.45) is 6.56. The van der Waals surface area contributed by atoms with Crippen LogP contribution in [0.1, 0.15) is 44.7 Å². The van der Waals surface area contributed by atoms with Crippen molar-refractivity contribution in [1.82, 2.24) is 9.78 Å². The number of anilines is 2. The smallest absolute Gasteiger partial charge is 0.150 e. The molecule has 0 spiro atoms. The van der Waals surface area contributed by atoms with E-state index in [9.17, 15) is 5.11 Å². The van der Waals surface area contributed by atoms with Crippen molar-refractivity contribution in [3.63, 3.8) is 0 Å². The van der Waals surface area contributed by atoms with E-state index in [1.165, 1.54) is 12.8 Å². The molecular weight excluding hydrogens is 240 g/mol. The van der Waals surface area contributed by atoms with Crippen LogP contribution in [0.5, 0.6) is 0 Å². The minimum Gasteiger partial charge on any atom is -0.394 e. The van der Waals surface area contributed by atoms with Gasteiger partial charge in [-0.15, -0.1) is 0 Å². The van der Waals surface area contributed by atoms with E-state index in [0.29, 0.717) is 0 Å². The molecule has 19 heavy (non-hydrogen) atoms. The van der Waals surface area contributed by atoms with Crippen LogP contribution in [-0.4, -0.2) is 34.1 Å². The molecule has 1 aliphatic rings. The molecule has 2 rings (SSSR count). The first-order valence-corrected chi connectivity index (χ1v) is 7.37. The lowest BCUT2D eigenvalue weighted by Crippen LogP contribution is -2.39. The van der Waals surface area contributed by atoms with Crippen molar-refractivity contribution in [3.8, 4) is 0 Å². The van der Waals surface area contributed by atoms with Gasteiger partial charge in [-0.05, 0) is 19.3 Å². The molecule has 0 aliphatic carbocycles. The fourth-order valence-electron chi connectivity index (χ4n) is 2.99. The van der Waals surface area contributed by atoms with Crippen LogP contribution in [0.25, 0.3) is 0 Å². The number of hydrogen-bond donors (Lipinski definition) is 2. The van der Waals surface area contributed by atoms with Gasteiger partial charge in [0.15, 0.2) is 5.82 Å². The molecule has 1 aromatic heterocycles. The van der Waals surface area contributed by atoms with Gasteiger partial charge in [-0.3, -0.25) is 4.68 Å². The lowest BCUT2D eigenvalue weighted by Gasteiger charge is -2.30. The Balaban J connectivity index is 2.32. The number of nitrogen functional groups attached to an aromatic ring is 1. The van der Waals surface area contributed by atoms with Gasteiger partial charge in [0, 0.05) is 13.6 Å². The molecule has 108 valence electrons. The Morgan fingerprint density at radius 1 is 1.37 bits per heavy atom. The summed E-state index contributed by atoms with van der Waals surface area (Å²) in [4.78, 5) is 2.26. The van der Waals surface area contributed by atoms with Crippen LogP contribution in [0.3, 0.4) is 0 Å². The number of aliphatic hydroxyl groups is 1. The average Bonchev–Trinajstić information content (AvgIpc) is 2.59. The average molecular weight is 266 g/mol. The van der Waals surface area contributed by atoms with Crippen molar-refractivity contribution < 1.29 is 5.11 Å². The Labute approximate surface area is 115 Å². The Hall–Kier alpha value is -1.23. The number of rotatable bonds is 4. The molecule has 2 heterocycles. The van der Waals surface area contributed by atoms with Crippen LogP contribution in [0.4, 0.5) is 11.5 Å². The largest absolute Gasteiger partial charge is 0.394 e. The SMILES string of the molecule is CCCc1nn(C)c(N2CCCCCC2CO)c1N. The molecule has 5 heteroatoms. The maximum atomic E-state index is 9.63. The molecule has 0 aromatic carbocycles. The first kappa shape index (κ1) is 14.2. The van der Waals surface area contributed by atoms with Gasteiger partial charge in [0.25, 0.3) is 0 Å². The molecular formula is C14H26N4O. The van der Waals surface area contributed by atoms with E-state index in [-0.39, 0.29) is 12.6 Å². The van der Waals surface area contributed by atoms with E-state index in [4.69, 9.17) is 5.73 Å². The van der Waals surface area contributed by atoms with E-state index in [1.54, 1.807) is 0 Å². The van der Waals surface area contributed by atoms with Gasteiger partial charge in [0.2, 0.25) is 0 Å².